The fourth-order valence-electron chi connectivity index (χ4n) is 3.69. The molecular formula is C30H33ClN6O2. The van der Waals surface area contributed by atoms with Crippen LogP contribution in [0.3, 0.4) is 0 Å². The smallest absolute Gasteiger partial charge is 0.248 e. The van der Waals surface area contributed by atoms with Crippen molar-refractivity contribution in [3.63, 3.8) is 0 Å². The van der Waals surface area contributed by atoms with Crippen LogP contribution in [0, 0.1) is 0 Å². The van der Waals surface area contributed by atoms with Crippen molar-refractivity contribution in [3.05, 3.63) is 107 Å². The van der Waals surface area contributed by atoms with Crippen LogP contribution in [-0.2, 0) is 9.59 Å². The summed E-state index contributed by atoms with van der Waals surface area (Å²) in [6.45, 7) is 0. The molecule has 4 N–H and O–H groups in total. The average Bonchev–Trinajstić information content (AvgIpc) is 2.93. The second kappa shape index (κ2) is 15.5. The lowest BCUT2D eigenvalue weighted by Crippen LogP contribution is -2.19. The number of amidine groups is 2. The van der Waals surface area contributed by atoms with E-state index in [2.05, 4.69) is 31.3 Å². The monoisotopic (exact) mass is 544 g/mol. The number of nitrogens with one attached hydrogen (secondary N) is 4. The molecule has 39 heavy (non-hydrogen) atoms. The minimum absolute atomic E-state index is 0. The molecule has 0 heterocycles. The molecule has 0 fully saturated rings. The maximum atomic E-state index is 12.4. The van der Waals surface area contributed by atoms with Gasteiger partial charge >= 0.3 is 0 Å². The lowest BCUT2D eigenvalue weighted by molar-refractivity contribution is -0.112. The van der Waals surface area contributed by atoms with Crippen LogP contribution in [0.25, 0.3) is 12.2 Å². The largest absolute Gasteiger partial charge is 0.373 e. The average molecular weight is 545 g/mol. The van der Waals surface area contributed by atoms with E-state index >= 15 is 0 Å². The van der Waals surface area contributed by atoms with Crippen LogP contribution >= 0.6 is 12.4 Å². The first-order valence-electron chi connectivity index (χ1n) is 12.0. The Morgan fingerprint density at radius 2 is 1.03 bits per heavy atom. The van der Waals surface area contributed by atoms with Gasteiger partial charge < -0.3 is 21.3 Å². The molecule has 0 atom stereocenters. The van der Waals surface area contributed by atoms with E-state index < -0.39 is 0 Å². The third-order valence-corrected chi connectivity index (χ3v) is 5.52. The van der Waals surface area contributed by atoms with E-state index in [9.17, 15) is 9.59 Å². The van der Waals surface area contributed by atoms with Crippen molar-refractivity contribution in [2.45, 2.75) is 0 Å². The molecule has 0 saturated carbocycles. The van der Waals surface area contributed by atoms with Crippen LogP contribution < -0.4 is 21.3 Å². The summed E-state index contributed by atoms with van der Waals surface area (Å²) in [4.78, 5) is 33.1. The summed E-state index contributed by atoms with van der Waals surface area (Å²) in [7, 11) is 7.02. The van der Waals surface area contributed by atoms with Gasteiger partial charge in [-0.25, -0.2) is 0 Å². The number of amides is 2. The Morgan fingerprint density at radius 3 is 1.36 bits per heavy atom. The summed E-state index contributed by atoms with van der Waals surface area (Å²) < 4.78 is 0. The van der Waals surface area contributed by atoms with Crippen LogP contribution in [0.4, 0.5) is 11.4 Å². The van der Waals surface area contributed by atoms with Gasteiger partial charge in [0.2, 0.25) is 11.8 Å². The molecule has 3 rings (SSSR count). The zero-order valence-corrected chi connectivity index (χ0v) is 23.2. The molecule has 8 nitrogen and oxygen atoms in total. The van der Waals surface area contributed by atoms with E-state index in [-0.39, 0.29) is 24.2 Å². The molecule has 9 heteroatoms. The highest BCUT2D eigenvalue weighted by Crippen LogP contribution is 2.14. The summed E-state index contributed by atoms with van der Waals surface area (Å²) in [5, 5.41) is 11.8. The number of rotatable bonds is 8. The van der Waals surface area contributed by atoms with Crippen LogP contribution in [0.1, 0.15) is 22.3 Å². The van der Waals surface area contributed by atoms with Crippen molar-refractivity contribution in [3.8, 4) is 0 Å². The standard InChI is InChI=1S/C30H32N6O2.ClH/c1-31-29(32-2)23-7-5-9-25(19-23)35-27(37)17-15-21-11-13-22(14-12-21)16-18-28(38)36-26-10-6-8-24(20-26)30(33-3)34-4;/h5-20H,1-4H3,(H,31,32)(H,33,34)(H,35,37)(H,36,38);1H. The third kappa shape index (κ3) is 9.28. The van der Waals surface area contributed by atoms with Crippen molar-refractivity contribution < 1.29 is 9.59 Å². The molecule has 3 aromatic rings. The molecular weight excluding hydrogens is 512 g/mol. The third-order valence-electron chi connectivity index (χ3n) is 5.52. The van der Waals surface area contributed by atoms with E-state index in [1.54, 1.807) is 40.3 Å². The summed E-state index contributed by atoms with van der Waals surface area (Å²) >= 11 is 0. The Morgan fingerprint density at radius 1 is 0.641 bits per heavy atom. The van der Waals surface area contributed by atoms with Crippen LogP contribution in [0.15, 0.2) is 94.9 Å². The van der Waals surface area contributed by atoms with Crippen molar-refractivity contribution in [2.75, 3.05) is 38.8 Å². The molecule has 0 aromatic heterocycles. The van der Waals surface area contributed by atoms with Gasteiger partial charge in [-0.3, -0.25) is 19.6 Å². The minimum Gasteiger partial charge on any atom is -0.373 e. The van der Waals surface area contributed by atoms with Crippen molar-refractivity contribution in [1.29, 1.82) is 0 Å². The summed E-state index contributed by atoms with van der Waals surface area (Å²) in [5.41, 5.74) is 4.86. The van der Waals surface area contributed by atoms with Crippen LogP contribution in [0.5, 0.6) is 0 Å². The maximum absolute atomic E-state index is 12.4. The second-order valence-electron chi connectivity index (χ2n) is 8.12. The fraction of sp³-hybridized carbons (Fsp3) is 0.133. The Bertz CT molecular complexity index is 1290. The number of nitrogens with zero attached hydrogens (tertiary/aromatic N) is 2. The molecule has 0 saturated heterocycles. The molecule has 3 aromatic carbocycles. The number of carbonyl (C=O) groups is 2. The van der Waals surface area contributed by atoms with E-state index in [1.165, 1.54) is 12.2 Å². The zero-order chi connectivity index (χ0) is 27.3. The Hall–Kier alpha value is -4.69. The van der Waals surface area contributed by atoms with E-state index in [1.807, 2.05) is 72.8 Å². The number of anilines is 2. The van der Waals surface area contributed by atoms with Gasteiger partial charge in [0.1, 0.15) is 11.7 Å². The number of carbonyl (C=O) groups excluding carboxylic acids is 2. The number of hydrogen-bond acceptors (Lipinski definition) is 4. The maximum Gasteiger partial charge on any atom is 0.248 e. The van der Waals surface area contributed by atoms with Gasteiger partial charge in [0.05, 0.1) is 0 Å². The van der Waals surface area contributed by atoms with Crippen molar-refractivity contribution in [2.24, 2.45) is 9.98 Å². The number of hydrogen-bond donors (Lipinski definition) is 4. The Labute approximate surface area is 235 Å². The first kappa shape index (κ1) is 30.5. The molecule has 2 amide bonds. The number of halogens is 1. The lowest BCUT2D eigenvalue weighted by atomic mass is 10.1. The quantitative estimate of drug-likeness (QED) is 0.189. The predicted octanol–water partition coefficient (Wildman–Crippen LogP) is 4.60. The van der Waals surface area contributed by atoms with Gasteiger partial charge in [-0.1, -0.05) is 48.5 Å². The molecule has 202 valence electrons. The van der Waals surface area contributed by atoms with Gasteiger partial charge in [0.15, 0.2) is 0 Å². The molecule has 0 aliphatic heterocycles. The first-order chi connectivity index (χ1) is 18.4. The molecule has 0 radical (unpaired) electrons. The number of benzene rings is 3. The minimum atomic E-state index is -0.238. The predicted molar refractivity (Wildman–Crippen MR) is 165 cm³/mol. The highest BCUT2D eigenvalue weighted by Gasteiger charge is 2.05. The molecule has 0 spiro atoms. The lowest BCUT2D eigenvalue weighted by Gasteiger charge is -2.08. The summed E-state index contributed by atoms with van der Waals surface area (Å²) in [6, 6.07) is 22.5. The topological polar surface area (TPSA) is 107 Å². The molecule has 0 aliphatic rings. The zero-order valence-electron chi connectivity index (χ0n) is 22.4. The van der Waals surface area contributed by atoms with Crippen LogP contribution in [-0.4, -0.2) is 51.7 Å². The highest BCUT2D eigenvalue weighted by molar-refractivity contribution is 6.05. The van der Waals surface area contributed by atoms with Crippen LogP contribution in [0.2, 0.25) is 0 Å². The number of aliphatic imine (C=N–C) groups is 2. The van der Waals surface area contributed by atoms with E-state index in [0.717, 1.165) is 33.9 Å². The molecule has 0 aliphatic carbocycles. The van der Waals surface area contributed by atoms with E-state index in [4.69, 9.17) is 0 Å². The summed E-state index contributed by atoms with van der Waals surface area (Å²) in [5.74, 6) is 1.00. The van der Waals surface area contributed by atoms with Gasteiger partial charge in [0, 0.05) is 62.8 Å². The van der Waals surface area contributed by atoms with E-state index in [0.29, 0.717) is 11.4 Å². The van der Waals surface area contributed by atoms with Gasteiger partial charge in [-0.15, -0.1) is 12.4 Å². The molecule has 0 unspecified atom stereocenters. The Balaban J connectivity index is 0.00000533. The highest BCUT2D eigenvalue weighted by atomic mass is 35.5. The second-order valence-corrected chi connectivity index (χ2v) is 8.12. The van der Waals surface area contributed by atoms with Gasteiger partial charge in [0.25, 0.3) is 0 Å². The van der Waals surface area contributed by atoms with Gasteiger partial charge in [-0.2, -0.15) is 0 Å². The SMILES string of the molecule is CN=C(NC)c1cccc(NC(=O)C=Cc2ccc(C=CC(=O)Nc3cccc(C(=NC)NC)c3)cc2)c1.Cl. The Kier molecular flexibility index (Phi) is 12.2. The van der Waals surface area contributed by atoms with Gasteiger partial charge in [-0.05, 0) is 47.5 Å². The normalized spacial score (nSPS) is 11.7. The molecule has 0 bridgehead atoms. The summed E-state index contributed by atoms with van der Waals surface area (Å²) in [6.07, 6.45) is 6.43. The van der Waals surface area contributed by atoms with Crippen molar-refractivity contribution in [1.82, 2.24) is 10.6 Å². The first-order valence-corrected chi connectivity index (χ1v) is 12.0. The fourth-order valence-corrected chi connectivity index (χ4v) is 3.69. The van der Waals surface area contributed by atoms with Crippen molar-refractivity contribution >= 4 is 59.4 Å².